The quantitative estimate of drug-likeness (QED) is 0.821. The number of methoxy groups -OCH3 is 1. The van der Waals surface area contributed by atoms with E-state index < -0.39 is 0 Å². The van der Waals surface area contributed by atoms with Gasteiger partial charge in [-0.2, -0.15) is 5.10 Å². The molecule has 84 valence electrons. The van der Waals surface area contributed by atoms with Crippen LogP contribution in [0.4, 0.5) is 0 Å². The minimum atomic E-state index is 0.265. The van der Waals surface area contributed by atoms with Gasteiger partial charge in [0, 0.05) is 18.5 Å². The summed E-state index contributed by atoms with van der Waals surface area (Å²) in [5, 5.41) is 4.32. The van der Waals surface area contributed by atoms with Gasteiger partial charge in [0.1, 0.15) is 0 Å². The SMILES string of the molecule is CCn1ncc(OC)c1C1CCCC1N. The van der Waals surface area contributed by atoms with E-state index in [-0.39, 0.29) is 6.04 Å². The maximum atomic E-state index is 6.12. The number of rotatable bonds is 3. The molecule has 0 bridgehead atoms. The van der Waals surface area contributed by atoms with Crippen molar-refractivity contribution >= 4 is 0 Å². The number of aryl methyl sites for hydroxylation is 1. The predicted molar refractivity (Wildman–Crippen MR) is 59.0 cm³/mol. The summed E-state index contributed by atoms with van der Waals surface area (Å²) in [6.07, 6.45) is 5.28. The molecule has 4 heteroatoms. The summed E-state index contributed by atoms with van der Waals surface area (Å²) < 4.78 is 7.36. The van der Waals surface area contributed by atoms with Crippen LogP contribution in [-0.4, -0.2) is 22.9 Å². The highest BCUT2D eigenvalue weighted by molar-refractivity contribution is 5.30. The molecule has 1 fully saturated rings. The minimum Gasteiger partial charge on any atom is -0.493 e. The van der Waals surface area contributed by atoms with Crippen LogP contribution >= 0.6 is 0 Å². The fourth-order valence-corrected chi connectivity index (χ4v) is 2.49. The lowest BCUT2D eigenvalue weighted by Gasteiger charge is -2.18. The third-order valence-electron chi connectivity index (χ3n) is 3.28. The molecule has 0 radical (unpaired) electrons. The summed E-state index contributed by atoms with van der Waals surface area (Å²) in [6.45, 7) is 2.97. The highest BCUT2D eigenvalue weighted by Gasteiger charge is 2.30. The fourth-order valence-electron chi connectivity index (χ4n) is 2.49. The topological polar surface area (TPSA) is 53.1 Å². The second kappa shape index (κ2) is 4.23. The van der Waals surface area contributed by atoms with Gasteiger partial charge in [-0.3, -0.25) is 4.68 Å². The van der Waals surface area contributed by atoms with E-state index in [1.54, 1.807) is 13.3 Å². The van der Waals surface area contributed by atoms with Gasteiger partial charge in [0.05, 0.1) is 19.0 Å². The summed E-state index contributed by atoms with van der Waals surface area (Å²) in [5.41, 5.74) is 7.31. The van der Waals surface area contributed by atoms with E-state index in [1.807, 2.05) is 4.68 Å². The molecule has 1 heterocycles. The lowest BCUT2D eigenvalue weighted by Crippen LogP contribution is -2.25. The van der Waals surface area contributed by atoms with Gasteiger partial charge in [-0.1, -0.05) is 6.42 Å². The van der Waals surface area contributed by atoms with Gasteiger partial charge < -0.3 is 10.5 Å². The highest BCUT2D eigenvalue weighted by Crippen LogP contribution is 2.37. The summed E-state index contributed by atoms with van der Waals surface area (Å²) in [4.78, 5) is 0. The van der Waals surface area contributed by atoms with Crippen LogP contribution in [0.5, 0.6) is 5.75 Å². The first-order chi connectivity index (χ1) is 7.27. The van der Waals surface area contributed by atoms with Gasteiger partial charge in [0.2, 0.25) is 0 Å². The molecule has 2 N–H and O–H groups in total. The lowest BCUT2D eigenvalue weighted by molar-refractivity contribution is 0.397. The van der Waals surface area contributed by atoms with Crippen molar-refractivity contribution in [3.05, 3.63) is 11.9 Å². The van der Waals surface area contributed by atoms with Crippen molar-refractivity contribution in [1.82, 2.24) is 9.78 Å². The molecule has 1 saturated carbocycles. The van der Waals surface area contributed by atoms with Gasteiger partial charge >= 0.3 is 0 Å². The molecule has 2 unspecified atom stereocenters. The van der Waals surface area contributed by atoms with E-state index >= 15 is 0 Å². The monoisotopic (exact) mass is 209 g/mol. The molecule has 2 rings (SSSR count). The number of hydrogen-bond acceptors (Lipinski definition) is 3. The first-order valence-corrected chi connectivity index (χ1v) is 5.63. The molecule has 0 spiro atoms. The van der Waals surface area contributed by atoms with Crippen LogP contribution in [0.25, 0.3) is 0 Å². The Balaban J connectivity index is 2.35. The van der Waals surface area contributed by atoms with Crippen LogP contribution < -0.4 is 10.5 Å². The zero-order chi connectivity index (χ0) is 10.8. The minimum absolute atomic E-state index is 0.265. The molecular formula is C11H19N3O. The number of hydrogen-bond donors (Lipinski definition) is 1. The van der Waals surface area contributed by atoms with Crippen molar-refractivity contribution < 1.29 is 4.74 Å². The molecule has 0 amide bonds. The van der Waals surface area contributed by atoms with Crippen molar-refractivity contribution in [2.24, 2.45) is 5.73 Å². The van der Waals surface area contributed by atoms with Gasteiger partial charge in [0.25, 0.3) is 0 Å². The van der Waals surface area contributed by atoms with Crippen LogP contribution in [0, 0.1) is 0 Å². The summed E-state index contributed by atoms with van der Waals surface area (Å²) in [5.74, 6) is 1.31. The largest absolute Gasteiger partial charge is 0.493 e. The van der Waals surface area contributed by atoms with Gasteiger partial charge in [-0.05, 0) is 19.8 Å². The third-order valence-corrected chi connectivity index (χ3v) is 3.28. The maximum Gasteiger partial charge on any atom is 0.160 e. The van der Waals surface area contributed by atoms with E-state index in [0.29, 0.717) is 5.92 Å². The number of nitrogens with zero attached hydrogens (tertiary/aromatic N) is 2. The molecule has 1 aromatic heterocycles. The third kappa shape index (κ3) is 1.74. The van der Waals surface area contributed by atoms with E-state index in [9.17, 15) is 0 Å². The van der Waals surface area contributed by atoms with Crippen molar-refractivity contribution in [1.29, 1.82) is 0 Å². The average Bonchev–Trinajstić information content (AvgIpc) is 2.82. The maximum absolute atomic E-state index is 6.12. The first-order valence-electron chi connectivity index (χ1n) is 5.63. The van der Waals surface area contributed by atoms with E-state index in [0.717, 1.165) is 25.1 Å². The van der Waals surface area contributed by atoms with E-state index in [2.05, 4.69) is 12.0 Å². The lowest BCUT2D eigenvalue weighted by atomic mass is 9.99. The van der Waals surface area contributed by atoms with Crippen LogP contribution in [0.15, 0.2) is 6.20 Å². The second-order valence-electron chi connectivity index (χ2n) is 4.12. The fraction of sp³-hybridized carbons (Fsp3) is 0.727. The Bertz CT molecular complexity index is 313. The zero-order valence-electron chi connectivity index (χ0n) is 9.44. The molecule has 2 atom stereocenters. The van der Waals surface area contributed by atoms with Crippen molar-refractivity contribution in [2.45, 2.75) is 44.7 Å². The highest BCUT2D eigenvalue weighted by atomic mass is 16.5. The Hall–Kier alpha value is -1.03. The molecule has 0 aromatic carbocycles. The van der Waals surface area contributed by atoms with Crippen LogP contribution in [0.1, 0.15) is 37.8 Å². The van der Waals surface area contributed by atoms with Crippen LogP contribution in [0.3, 0.4) is 0 Å². The van der Waals surface area contributed by atoms with Gasteiger partial charge in [-0.15, -0.1) is 0 Å². The Morgan fingerprint density at radius 3 is 2.93 bits per heavy atom. The van der Waals surface area contributed by atoms with Crippen LogP contribution in [-0.2, 0) is 6.54 Å². The molecule has 0 saturated heterocycles. The molecule has 1 aromatic rings. The van der Waals surface area contributed by atoms with Gasteiger partial charge in [0.15, 0.2) is 5.75 Å². The first kappa shape index (κ1) is 10.5. The molecule has 15 heavy (non-hydrogen) atoms. The standard InChI is InChI=1S/C11H19N3O/c1-3-14-11(10(15-2)7-13-14)8-5-4-6-9(8)12/h7-9H,3-6,12H2,1-2H3. The van der Waals surface area contributed by atoms with Crippen molar-refractivity contribution in [2.75, 3.05) is 7.11 Å². The second-order valence-corrected chi connectivity index (χ2v) is 4.12. The molecular weight excluding hydrogens is 190 g/mol. The average molecular weight is 209 g/mol. The van der Waals surface area contributed by atoms with Crippen LogP contribution in [0.2, 0.25) is 0 Å². The smallest absolute Gasteiger partial charge is 0.160 e. The Morgan fingerprint density at radius 2 is 2.40 bits per heavy atom. The number of ether oxygens (including phenoxy) is 1. The molecule has 0 aliphatic heterocycles. The molecule has 1 aliphatic carbocycles. The zero-order valence-corrected chi connectivity index (χ0v) is 9.44. The van der Waals surface area contributed by atoms with Crippen molar-refractivity contribution in [3.8, 4) is 5.75 Å². The normalized spacial score (nSPS) is 25.8. The van der Waals surface area contributed by atoms with Gasteiger partial charge in [-0.25, -0.2) is 0 Å². The Morgan fingerprint density at radius 1 is 1.60 bits per heavy atom. The Labute approximate surface area is 90.4 Å². The van der Waals surface area contributed by atoms with E-state index in [1.165, 1.54) is 12.1 Å². The summed E-state index contributed by atoms with van der Waals surface area (Å²) in [6, 6.07) is 0.265. The Kier molecular flexibility index (Phi) is 2.95. The molecule has 1 aliphatic rings. The summed E-state index contributed by atoms with van der Waals surface area (Å²) >= 11 is 0. The number of aromatic nitrogens is 2. The molecule has 4 nitrogen and oxygen atoms in total. The number of nitrogens with two attached hydrogens (primary N) is 1. The predicted octanol–water partition coefficient (Wildman–Crippen LogP) is 1.51. The summed E-state index contributed by atoms with van der Waals surface area (Å²) in [7, 11) is 1.70. The van der Waals surface area contributed by atoms with E-state index in [4.69, 9.17) is 10.5 Å². The van der Waals surface area contributed by atoms with Crippen molar-refractivity contribution in [3.63, 3.8) is 0 Å².